The van der Waals surface area contributed by atoms with Crippen LogP contribution in [-0.2, 0) is 9.59 Å². The van der Waals surface area contributed by atoms with Crippen LogP contribution in [0, 0.1) is 5.82 Å². The van der Waals surface area contributed by atoms with E-state index >= 15 is 0 Å². The molecule has 0 spiro atoms. The summed E-state index contributed by atoms with van der Waals surface area (Å²) in [7, 11) is 0. The Morgan fingerprint density at radius 3 is 2.31 bits per heavy atom. The normalized spacial score (nSPS) is 11.2. The number of hydrogen-bond acceptors (Lipinski definition) is 2. The third-order valence-corrected chi connectivity index (χ3v) is 2.00. The molecule has 1 aromatic rings. The quantitative estimate of drug-likeness (QED) is 0.795. The van der Waals surface area contributed by atoms with E-state index < -0.39 is 5.97 Å². The van der Waals surface area contributed by atoms with Crippen LogP contribution in [0.1, 0.15) is 18.9 Å². The summed E-state index contributed by atoms with van der Waals surface area (Å²) in [6, 6.07) is 5.48. The van der Waals surface area contributed by atoms with Crippen LogP contribution in [0.4, 0.5) is 4.39 Å². The Labute approximate surface area is 92.2 Å². The maximum absolute atomic E-state index is 12.6. The van der Waals surface area contributed by atoms with Crippen LogP contribution in [-0.4, -0.2) is 16.9 Å². The second-order valence-electron chi connectivity index (χ2n) is 3.35. The van der Waals surface area contributed by atoms with E-state index in [1.807, 2.05) is 0 Å². The molecule has 0 fully saturated rings. The van der Waals surface area contributed by atoms with Gasteiger partial charge in [0.1, 0.15) is 5.82 Å². The number of hydrogen-bond donors (Lipinski definition) is 1. The molecule has 4 heteroatoms. The van der Waals surface area contributed by atoms with Crippen LogP contribution in [0.25, 0.3) is 6.08 Å². The van der Waals surface area contributed by atoms with E-state index in [-0.39, 0.29) is 23.6 Å². The lowest BCUT2D eigenvalue weighted by Crippen LogP contribution is -2.04. The second-order valence-corrected chi connectivity index (χ2v) is 3.35. The summed E-state index contributed by atoms with van der Waals surface area (Å²) in [5.74, 6) is -1.74. The molecule has 0 radical (unpaired) electrons. The van der Waals surface area contributed by atoms with E-state index in [0.29, 0.717) is 5.56 Å². The molecule has 0 aliphatic rings. The first-order chi connectivity index (χ1) is 7.49. The molecule has 1 aromatic carbocycles. The maximum Gasteiger partial charge on any atom is 0.307 e. The fourth-order valence-corrected chi connectivity index (χ4v) is 1.20. The molecular weight excluding hydrogens is 211 g/mol. The summed E-state index contributed by atoms with van der Waals surface area (Å²) in [5, 5.41) is 8.60. The number of Topliss-reactive ketones (excluding diaryl/α,β-unsaturated/α-hetero) is 1. The zero-order valence-corrected chi connectivity index (χ0v) is 8.74. The molecule has 0 heterocycles. The van der Waals surface area contributed by atoms with Gasteiger partial charge in [0.2, 0.25) is 0 Å². The highest BCUT2D eigenvalue weighted by Gasteiger charge is 2.08. The van der Waals surface area contributed by atoms with Gasteiger partial charge in [-0.15, -0.1) is 0 Å². The van der Waals surface area contributed by atoms with Crippen molar-refractivity contribution in [2.75, 3.05) is 0 Å². The van der Waals surface area contributed by atoms with Gasteiger partial charge in [-0.3, -0.25) is 9.59 Å². The number of aliphatic carboxylic acids is 1. The Kier molecular flexibility index (Phi) is 3.94. The SMILES string of the molecule is CC(=O)/C(=C\c1ccc(F)cc1)CC(=O)O. The second kappa shape index (κ2) is 5.21. The number of benzene rings is 1. The fraction of sp³-hybridized carbons (Fsp3) is 0.167. The van der Waals surface area contributed by atoms with Crippen molar-refractivity contribution in [1.29, 1.82) is 0 Å². The summed E-state index contributed by atoms with van der Waals surface area (Å²) >= 11 is 0. The summed E-state index contributed by atoms with van der Waals surface area (Å²) in [6.45, 7) is 1.30. The summed E-state index contributed by atoms with van der Waals surface area (Å²) in [6.07, 6.45) is 1.13. The molecule has 0 aliphatic heterocycles. The molecule has 0 aromatic heterocycles. The molecule has 1 N–H and O–H groups in total. The molecule has 84 valence electrons. The Morgan fingerprint density at radius 1 is 1.31 bits per heavy atom. The van der Waals surface area contributed by atoms with E-state index in [1.54, 1.807) is 0 Å². The lowest BCUT2D eigenvalue weighted by molar-refractivity contribution is -0.136. The number of carboxylic acid groups (broad SMARTS) is 1. The molecule has 1 rings (SSSR count). The van der Waals surface area contributed by atoms with Crippen molar-refractivity contribution in [1.82, 2.24) is 0 Å². The maximum atomic E-state index is 12.6. The summed E-state index contributed by atoms with van der Waals surface area (Å²) in [4.78, 5) is 21.7. The Balaban J connectivity index is 2.97. The van der Waals surface area contributed by atoms with Crippen LogP contribution in [0.2, 0.25) is 0 Å². The molecule has 0 saturated carbocycles. The van der Waals surface area contributed by atoms with Gasteiger partial charge in [0, 0.05) is 5.57 Å². The van der Waals surface area contributed by atoms with Crippen LogP contribution >= 0.6 is 0 Å². The Hall–Kier alpha value is -1.97. The first kappa shape index (κ1) is 12.1. The number of carboxylic acids is 1. The van der Waals surface area contributed by atoms with Gasteiger partial charge in [-0.1, -0.05) is 12.1 Å². The average Bonchev–Trinajstić information content (AvgIpc) is 2.19. The van der Waals surface area contributed by atoms with Crippen molar-refractivity contribution in [3.05, 3.63) is 41.2 Å². The molecule has 0 saturated heterocycles. The zero-order chi connectivity index (χ0) is 12.1. The van der Waals surface area contributed by atoms with Crippen LogP contribution < -0.4 is 0 Å². The van der Waals surface area contributed by atoms with Crippen molar-refractivity contribution in [2.45, 2.75) is 13.3 Å². The highest BCUT2D eigenvalue weighted by Crippen LogP contribution is 2.11. The largest absolute Gasteiger partial charge is 0.481 e. The Bertz CT molecular complexity index is 432. The van der Waals surface area contributed by atoms with E-state index in [1.165, 1.54) is 37.3 Å². The minimum absolute atomic E-state index is 0.194. The number of ketones is 1. The monoisotopic (exact) mass is 222 g/mol. The predicted octanol–water partition coefficient (Wildman–Crippen LogP) is 2.27. The molecule has 0 bridgehead atoms. The lowest BCUT2D eigenvalue weighted by Gasteiger charge is -2.00. The van der Waals surface area contributed by atoms with E-state index in [9.17, 15) is 14.0 Å². The molecule has 0 aliphatic carbocycles. The fourth-order valence-electron chi connectivity index (χ4n) is 1.20. The van der Waals surface area contributed by atoms with Gasteiger partial charge in [0.25, 0.3) is 0 Å². The van der Waals surface area contributed by atoms with Crippen LogP contribution in [0.5, 0.6) is 0 Å². The molecule has 0 unspecified atom stereocenters. The summed E-state index contributed by atoms with van der Waals surface area (Å²) < 4.78 is 12.6. The molecular formula is C12H11FO3. The number of rotatable bonds is 4. The van der Waals surface area contributed by atoms with E-state index in [0.717, 1.165) is 0 Å². The van der Waals surface area contributed by atoms with E-state index in [4.69, 9.17) is 5.11 Å². The van der Waals surface area contributed by atoms with Crippen LogP contribution in [0.3, 0.4) is 0 Å². The van der Waals surface area contributed by atoms with Gasteiger partial charge in [0.05, 0.1) is 6.42 Å². The van der Waals surface area contributed by atoms with Crippen molar-refractivity contribution in [3.8, 4) is 0 Å². The smallest absolute Gasteiger partial charge is 0.307 e. The van der Waals surface area contributed by atoms with Crippen molar-refractivity contribution >= 4 is 17.8 Å². The van der Waals surface area contributed by atoms with E-state index in [2.05, 4.69) is 0 Å². The predicted molar refractivity (Wildman–Crippen MR) is 57.3 cm³/mol. The number of carbonyl (C=O) groups is 2. The van der Waals surface area contributed by atoms with Crippen LogP contribution in [0.15, 0.2) is 29.8 Å². The summed E-state index contributed by atoms with van der Waals surface area (Å²) in [5.41, 5.74) is 0.798. The highest BCUT2D eigenvalue weighted by molar-refractivity contribution is 6.01. The average molecular weight is 222 g/mol. The van der Waals surface area contributed by atoms with Gasteiger partial charge in [-0.05, 0) is 30.7 Å². The first-order valence-electron chi connectivity index (χ1n) is 4.68. The minimum atomic E-state index is -1.07. The zero-order valence-electron chi connectivity index (χ0n) is 8.74. The minimum Gasteiger partial charge on any atom is -0.481 e. The molecule has 0 amide bonds. The first-order valence-corrected chi connectivity index (χ1v) is 4.68. The third-order valence-electron chi connectivity index (χ3n) is 2.00. The topological polar surface area (TPSA) is 54.4 Å². The third kappa shape index (κ3) is 3.65. The van der Waals surface area contributed by atoms with Crippen molar-refractivity contribution < 1.29 is 19.1 Å². The number of carbonyl (C=O) groups excluding carboxylic acids is 1. The molecule has 3 nitrogen and oxygen atoms in total. The molecule has 0 atom stereocenters. The number of halogens is 1. The van der Waals surface area contributed by atoms with Gasteiger partial charge >= 0.3 is 5.97 Å². The van der Waals surface area contributed by atoms with Crippen molar-refractivity contribution in [2.24, 2.45) is 0 Å². The van der Waals surface area contributed by atoms with Gasteiger partial charge in [-0.25, -0.2) is 4.39 Å². The highest BCUT2D eigenvalue weighted by atomic mass is 19.1. The standard InChI is InChI=1S/C12H11FO3/c1-8(14)10(7-12(15)16)6-9-2-4-11(13)5-3-9/h2-6H,7H2,1H3,(H,15,16)/b10-6-. The van der Waals surface area contributed by atoms with Gasteiger partial charge < -0.3 is 5.11 Å². The Morgan fingerprint density at radius 2 is 1.88 bits per heavy atom. The van der Waals surface area contributed by atoms with Crippen molar-refractivity contribution in [3.63, 3.8) is 0 Å². The van der Waals surface area contributed by atoms with Gasteiger partial charge in [0.15, 0.2) is 5.78 Å². The van der Waals surface area contributed by atoms with Gasteiger partial charge in [-0.2, -0.15) is 0 Å². The lowest BCUT2D eigenvalue weighted by atomic mass is 10.0. The molecule has 16 heavy (non-hydrogen) atoms.